The van der Waals surface area contributed by atoms with Crippen molar-refractivity contribution in [3.8, 4) is 0 Å². The molecular formula is C55H98O4. The largest absolute Gasteiger partial charge is 0.457 e. The summed E-state index contributed by atoms with van der Waals surface area (Å²) in [6.45, 7) is 5.31. The Morgan fingerprint density at radius 3 is 1.07 bits per heavy atom. The molecule has 0 radical (unpaired) electrons. The second kappa shape index (κ2) is 52.0. The van der Waals surface area contributed by atoms with Crippen molar-refractivity contribution in [2.75, 3.05) is 19.8 Å². The summed E-state index contributed by atoms with van der Waals surface area (Å²) in [5.74, 6) is -0.214. The molecule has 4 heteroatoms. The average molecular weight is 823 g/mol. The first-order valence-electron chi connectivity index (χ1n) is 25.5. The highest BCUT2D eigenvalue weighted by Crippen LogP contribution is 2.14. The van der Waals surface area contributed by atoms with Crippen LogP contribution in [0.3, 0.4) is 0 Å². The minimum Gasteiger partial charge on any atom is -0.457 e. The molecule has 0 saturated carbocycles. The number of carbonyl (C=O) groups excluding carboxylic acids is 1. The summed E-state index contributed by atoms with van der Waals surface area (Å²) >= 11 is 0. The van der Waals surface area contributed by atoms with E-state index in [9.17, 15) is 9.90 Å². The van der Waals surface area contributed by atoms with E-state index in [1.807, 2.05) is 0 Å². The SMILES string of the molecule is CCCCCCC/C=C\C/C=C\C/C=C\CCCCCCCCCCCCCOCC(CO)OC(=O)CCCCCCCC/C=C\C/C=C\C/C=C\CCCCCCC. The fourth-order valence-electron chi connectivity index (χ4n) is 7.17. The number of hydrogen-bond acceptors (Lipinski definition) is 4. The fourth-order valence-corrected chi connectivity index (χ4v) is 7.17. The molecule has 0 aliphatic carbocycles. The van der Waals surface area contributed by atoms with E-state index in [0.29, 0.717) is 13.0 Å². The predicted molar refractivity (Wildman–Crippen MR) is 260 cm³/mol. The molecule has 59 heavy (non-hydrogen) atoms. The van der Waals surface area contributed by atoms with Gasteiger partial charge in [0, 0.05) is 13.0 Å². The molecule has 0 saturated heterocycles. The quantitative estimate of drug-likeness (QED) is 0.0377. The van der Waals surface area contributed by atoms with Crippen molar-refractivity contribution in [2.45, 2.75) is 251 Å². The van der Waals surface area contributed by atoms with Gasteiger partial charge in [-0.15, -0.1) is 0 Å². The maximum Gasteiger partial charge on any atom is 0.306 e. The normalized spacial score (nSPS) is 12.9. The average Bonchev–Trinajstić information content (AvgIpc) is 3.24. The van der Waals surface area contributed by atoms with Crippen LogP contribution in [0.4, 0.5) is 0 Å². The number of carbonyl (C=O) groups is 1. The van der Waals surface area contributed by atoms with Gasteiger partial charge in [-0.1, -0.05) is 222 Å². The van der Waals surface area contributed by atoms with Crippen molar-refractivity contribution in [3.05, 3.63) is 72.9 Å². The third-order valence-corrected chi connectivity index (χ3v) is 11.0. The van der Waals surface area contributed by atoms with E-state index in [0.717, 1.165) is 57.8 Å². The third kappa shape index (κ3) is 50.1. The van der Waals surface area contributed by atoms with Crippen molar-refractivity contribution in [1.82, 2.24) is 0 Å². The lowest BCUT2D eigenvalue weighted by Gasteiger charge is -2.16. The third-order valence-electron chi connectivity index (χ3n) is 11.0. The van der Waals surface area contributed by atoms with Gasteiger partial charge in [0.2, 0.25) is 0 Å². The molecule has 0 spiro atoms. The van der Waals surface area contributed by atoms with Gasteiger partial charge in [-0.05, 0) is 89.9 Å². The molecule has 0 aliphatic heterocycles. The molecule has 1 atom stereocenters. The summed E-state index contributed by atoms with van der Waals surface area (Å²) in [6, 6.07) is 0. The Morgan fingerprint density at radius 1 is 0.407 bits per heavy atom. The molecule has 0 heterocycles. The van der Waals surface area contributed by atoms with Crippen LogP contribution < -0.4 is 0 Å². The molecule has 0 aromatic heterocycles. The van der Waals surface area contributed by atoms with Crippen molar-refractivity contribution >= 4 is 5.97 Å². The summed E-state index contributed by atoms with van der Waals surface area (Å²) in [6.07, 6.45) is 71.3. The first-order chi connectivity index (χ1) is 29.2. The van der Waals surface area contributed by atoms with Crippen LogP contribution in [-0.2, 0) is 14.3 Å². The van der Waals surface area contributed by atoms with Gasteiger partial charge >= 0.3 is 5.97 Å². The number of unbranched alkanes of at least 4 members (excludes halogenated alkanes) is 27. The van der Waals surface area contributed by atoms with E-state index in [1.54, 1.807) is 0 Å². The van der Waals surface area contributed by atoms with Crippen LogP contribution in [0, 0.1) is 0 Å². The van der Waals surface area contributed by atoms with E-state index >= 15 is 0 Å². The number of allylic oxidation sites excluding steroid dienone is 12. The summed E-state index contributed by atoms with van der Waals surface area (Å²) < 4.78 is 11.2. The zero-order chi connectivity index (χ0) is 42.6. The maximum atomic E-state index is 12.3. The molecule has 0 bridgehead atoms. The van der Waals surface area contributed by atoms with Gasteiger partial charge in [-0.25, -0.2) is 0 Å². The van der Waals surface area contributed by atoms with Crippen molar-refractivity contribution in [2.24, 2.45) is 0 Å². The topological polar surface area (TPSA) is 55.8 Å². The molecular weight excluding hydrogens is 725 g/mol. The molecule has 0 fully saturated rings. The smallest absolute Gasteiger partial charge is 0.306 e. The highest BCUT2D eigenvalue weighted by molar-refractivity contribution is 5.69. The number of aliphatic hydroxyl groups is 1. The summed E-state index contributed by atoms with van der Waals surface area (Å²) in [4.78, 5) is 12.3. The van der Waals surface area contributed by atoms with Crippen molar-refractivity contribution in [1.29, 1.82) is 0 Å². The molecule has 0 aromatic rings. The number of esters is 1. The standard InChI is InChI=1S/C55H98O4/c1-3-5-7-9-11-13-15-17-19-21-23-25-26-27-28-29-31-33-35-37-39-41-43-45-47-49-51-58-53-54(52-56)59-55(57)50-48-46-44-42-40-38-36-34-32-30-24-22-20-18-16-14-12-10-8-6-4-2/h15-18,21-24,26-27,32,34,54,56H,3-14,19-20,25,28-31,33,35-53H2,1-2H3/b17-15-,18-16-,23-21-,24-22-,27-26-,34-32-. The van der Waals surface area contributed by atoms with Gasteiger partial charge in [0.1, 0.15) is 6.10 Å². The Bertz CT molecular complexity index is 1000. The lowest BCUT2D eigenvalue weighted by atomic mass is 10.1. The first kappa shape index (κ1) is 56.8. The van der Waals surface area contributed by atoms with Crippen LogP contribution in [-0.4, -0.2) is 37.0 Å². The van der Waals surface area contributed by atoms with E-state index in [2.05, 4.69) is 86.8 Å². The molecule has 1 unspecified atom stereocenters. The van der Waals surface area contributed by atoms with E-state index in [-0.39, 0.29) is 19.2 Å². The van der Waals surface area contributed by atoms with Gasteiger partial charge in [-0.3, -0.25) is 4.79 Å². The molecule has 0 aromatic carbocycles. The summed E-state index contributed by atoms with van der Waals surface area (Å²) in [5.41, 5.74) is 0. The van der Waals surface area contributed by atoms with Gasteiger partial charge in [0.05, 0.1) is 13.2 Å². The molecule has 0 aliphatic rings. The van der Waals surface area contributed by atoms with Crippen LogP contribution in [0.2, 0.25) is 0 Å². The van der Waals surface area contributed by atoms with E-state index in [4.69, 9.17) is 9.47 Å². The predicted octanol–water partition coefficient (Wildman–Crippen LogP) is 17.3. The molecule has 1 N–H and O–H groups in total. The van der Waals surface area contributed by atoms with Crippen LogP contribution >= 0.6 is 0 Å². The zero-order valence-electron chi connectivity index (χ0n) is 39.3. The van der Waals surface area contributed by atoms with Crippen molar-refractivity contribution in [3.63, 3.8) is 0 Å². The van der Waals surface area contributed by atoms with Crippen molar-refractivity contribution < 1.29 is 19.4 Å². The second-order valence-electron chi connectivity index (χ2n) is 16.9. The number of hydrogen-bond donors (Lipinski definition) is 1. The van der Waals surface area contributed by atoms with E-state index in [1.165, 1.54) is 167 Å². The van der Waals surface area contributed by atoms with Gasteiger partial charge in [0.25, 0.3) is 0 Å². The molecule has 0 amide bonds. The maximum absolute atomic E-state index is 12.3. The number of ether oxygens (including phenoxy) is 2. The minimum atomic E-state index is -0.547. The van der Waals surface area contributed by atoms with Gasteiger partial charge in [-0.2, -0.15) is 0 Å². The molecule has 4 nitrogen and oxygen atoms in total. The van der Waals surface area contributed by atoms with Crippen LogP contribution in [0.25, 0.3) is 0 Å². The second-order valence-corrected chi connectivity index (χ2v) is 16.9. The zero-order valence-corrected chi connectivity index (χ0v) is 39.3. The Morgan fingerprint density at radius 2 is 0.712 bits per heavy atom. The highest BCUT2D eigenvalue weighted by atomic mass is 16.6. The molecule has 342 valence electrons. The van der Waals surface area contributed by atoms with E-state index < -0.39 is 6.10 Å². The van der Waals surface area contributed by atoms with Gasteiger partial charge < -0.3 is 14.6 Å². The Labute approximate surface area is 367 Å². The monoisotopic (exact) mass is 823 g/mol. The highest BCUT2D eigenvalue weighted by Gasteiger charge is 2.13. The lowest BCUT2D eigenvalue weighted by Crippen LogP contribution is -2.27. The Kier molecular flexibility index (Phi) is 50.1. The summed E-state index contributed by atoms with van der Waals surface area (Å²) in [5, 5.41) is 9.65. The fraction of sp³-hybridized carbons (Fsp3) is 0.764. The summed E-state index contributed by atoms with van der Waals surface area (Å²) in [7, 11) is 0. The number of rotatable bonds is 47. The number of aliphatic hydroxyl groups excluding tert-OH is 1. The van der Waals surface area contributed by atoms with Gasteiger partial charge in [0.15, 0.2) is 0 Å². The Hall–Kier alpha value is -2.17. The lowest BCUT2D eigenvalue weighted by molar-refractivity contribution is -0.154. The Balaban J connectivity index is 3.46. The minimum absolute atomic E-state index is 0.181. The first-order valence-corrected chi connectivity index (χ1v) is 25.5. The van der Waals surface area contributed by atoms with Crippen LogP contribution in [0.15, 0.2) is 72.9 Å². The molecule has 0 rings (SSSR count). The van der Waals surface area contributed by atoms with Crippen LogP contribution in [0.5, 0.6) is 0 Å². The van der Waals surface area contributed by atoms with Crippen LogP contribution in [0.1, 0.15) is 245 Å².